The average molecular weight is 461 g/mol. The molecule has 0 aliphatic carbocycles. The number of aromatic nitrogens is 2. The maximum atomic E-state index is 13.6. The first-order valence-corrected chi connectivity index (χ1v) is 8.27. The van der Waals surface area contributed by atoms with Gasteiger partial charge in [-0.25, -0.2) is 9.38 Å². The van der Waals surface area contributed by atoms with Crippen molar-refractivity contribution < 1.29 is 8.91 Å². The first-order chi connectivity index (χ1) is 11.7. The van der Waals surface area contributed by atoms with Gasteiger partial charge in [-0.15, -0.1) is 24.0 Å². The SMILES string of the molecule is CCNC(=NCc1c(CC)noc1CC)NCc1ncccc1F.I. The molecule has 0 amide bonds. The molecule has 0 unspecified atom stereocenters. The fourth-order valence-electron chi connectivity index (χ4n) is 2.33. The molecule has 0 fully saturated rings. The Bertz CT molecular complexity index is 668. The van der Waals surface area contributed by atoms with Gasteiger partial charge in [0.2, 0.25) is 0 Å². The van der Waals surface area contributed by atoms with Crippen LogP contribution in [0.3, 0.4) is 0 Å². The number of hydrogen-bond donors (Lipinski definition) is 2. The molecule has 0 saturated heterocycles. The van der Waals surface area contributed by atoms with Crippen molar-refractivity contribution in [2.45, 2.75) is 46.7 Å². The summed E-state index contributed by atoms with van der Waals surface area (Å²) in [7, 11) is 0. The van der Waals surface area contributed by atoms with Crippen LogP contribution in [0.15, 0.2) is 27.8 Å². The van der Waals surface area contributed by atoms with E-state index in [1.54, 1.807) is 12.3 Å². The van der Waals surface area contributed by atoms with E-state index in [9.17, 15) is 4.39 Å². The van der Waals surface area contributed by atoms with E-state index in [1.165, 1.54) is 6.07 Å². The molecule has 8 heteroatoms. The highest BCUT2D eigenvalue weighted by molar-refractivity contribution is 14.0. The van der Waals surface area contributed by atoms with Crippen LogP contribution in [0.2, 0.25) is 0 Å². The van der Waals surface area contributed by atoms with Crippen LogP contribution in [0.4, 0.5) is 4.39 Å². The molecule has 0 radical (unpaired) electrons. The Morgan fingerprint density at radius 1 is 1.20 bits per heavy atom. The highest BCUT2D eigenvalue weighted by Crippen LogP contribution is 2.16. The second-order valence-corrected chi connectivity index (χ2v) is 5.22. The quantitative estimate of drug-likeness (QED) is 0.377. The Labute approximate surface area is 164 Å². The molecule has 0 spiro atoms. The predicted molar refractivity (Wildman–Crippen MR) is 107 cm³/mol. The Morgan fingerprint density at radius 3 is 2.64 bits per heavy atom. The number of pyridine rings is 1. The topological polar surface area (TPSA) is 75.3 Å². The standard InChI is InChI=1S/C17H24FN5O.HI/c1-4-14-12(16(5-2)24-23-14)10-21-17(19-6-3)22-11-15-13(18)8-7-9-20-15;/h7-9H,4-6,10-11H2,1-3H3,(H2,19,21,22);1H. The van der Waals surface area contributed by atoms with Gasteiger partial charge in [0.25, 0.3) is 0 Å². The van der Waals surface area contributed by atoms with Crippen LogP contribution in [0.5, 0.6) is 0 Å². The molecule has 2 N–H and O–H groups in total. The van der Waals surface area contributed by atoms with Crippen LogP contribution in [0.25, 0.3) is 0 Å². The number of nitrogens with one attached hydrogen (secondary N) is 2. The van der Waals surface area contributed by atoms with Crippen molar-refractivity contribution in [1.82, 2.24) is 20.8 Å². The summed E-state index contributed by atoms with van der Waals surface area (Å²) in [6.45, 7) is 7.49. The summed E-state index contributed by atoms with van der Waals surface area (Å²) in [5, 5.41) is 10.3. The van der Waals surface area contributed by atoms with Crippen LogP contribution in [-0.2, 0) is 25.9 Å². The molecule has 6 nitrogen and oxygen atoms in total. The second-order valence-electron chi connectivity index (χ2n) is 5.22. The zero-order valence-electron chi connectivity index (χ0n) is 14.8. The van der Waals surface area contributed by atoms with Crippen LogP contribution >= 0.6 is 24.0 Å². The predicted octanol–water partition coefficient (Wildman–Crippen LogP) is 3.21. The highest BCUT2D eigenvalue weighted by Gasteiger charge is 2.13. The summed E-state index contributed by atoms with van der Waals surface area (Å²) < 4.78 is 19.0. The molecule has 0 aliphatic heterocycles. The number of rotatable bonds is 7. The fourth-order valence-corrected chi connectivity index (χ4v) is 2.33. The van der Waals surface area contributed by atoms with Gasteiger partial charge in [0.05, 0.1) is 24.5 Å². The molecule has 0 aliphatic rings. The average Bonchev–Trinajstić information content (AvgIpc) is 3.00. The lowest BCUT2D eigenvalue weighted by molar-refractivity contribution is 0.380. The molecule has 2 aromatic heterocycles. The monoisotopic (exact) mass is 461 g/mol. The zero-order chi connectivity index (χ0) is 17.4. The summed E-state index contributed by atoms with van der Waals surface area (Å²) in [6.07, 6.45) is 3.15. The summed E-state index contributed by atoms with van der Waals surface area (Å²) >= 11 is 0. The van der Waals surface area contributed by atoms with Crippen molar-refractivity contribution in [3.8, 4) is 0 Å². The van der Waals surface area contributed by atoms with E-state index in [-0.39, 0.29) is 36.3 Å². The van der Waals surface area contributed by atoms with E-state index in [4.69, 9.17) is 4.52 Å². The van der Waals surface area contributed by atoms with Gasteiger partial charge in [0.15, 0.2) is 5.96 Å². The van der Waals surface area contributed by atoms with Crippen LogP contribution < -0.4 is 10.6 Å². The normalized spacial score (nSPS) is 11.1. The van der Waals surface area contributed by atoms with Gasteiger partial charge in [-0.05, 0) is 25.5 Å². The first-order valence-electron chi connectivity index (χ1n) is 8.27. The van der Waals surface area contributed by atoms with Crippen molar-refractivity contribution in [1.29, 1.82) is 0 Å². The molecule has 0 atom stereocenters. The number of aliphatic imine (C=N–C) groups is 1. The molecule has 0 saturated carbocycles. The Morgan fingerprint density at radius 2 is 2.00 bits per heavy atom. The second kappa shape index (κ2) is 11.0. The van der Waals surface area contributed by atoms with E-state index in [2.05, 4.69) is 25.8 Å². The van der Waals surface area contributed by atoms with Gasteiger partial charge in [0, 0.05) is 24.7 Å². The third-order valence-corrected chi connectivity index (χ3v) is 3.60. The number of aryl methyl sites for hydroxylation is 2. The minimum atomic E-state index is -0.332. The van der Waals surface area contributed by atoms with Gasteiger partial charge >= 0.3 is 0 Å². The lowest BCUT2D eigenvalue weighted by Gasteiger charge is -2.11. The van der Waals surface area contributed by atoms with Gasteiger partial charge in [-0.1, -0.05) is 19.0 Å². The van der Waals surface area contributed by atoms with Gasteiger partial charge in [-0.2, -0.15) is 0 Å². The highest BCUT2D eigenvalue weighted by atomic mass is 127. The summed E-state index contributed by atoms with van der Waals surface area (Å²) in [5.41, 5.74) is 2.32. The minimum Gasteiger partial charge on any atom is -0.361 e. The van der Waals surface area contributed by atoms with Crippen molar-refractivity contribution in [2.24, 2.45) is 4.99 Å². The lowest BCUT2D eigenvalue weighted by atomic mass is 10.1. The van der Waals surface area contributed by atoms with Crippen LogP contribution in [0, 0.1) is 5.82 Å². The molecule has 2 aromatic rings. The molecular weight excluding hydrogens is 436 g/mol. The summed E-state index contributed by atoms with van der Waals surface area (Å²) in [4.78, 5) is 8.59. The molecule has 0 aromatic carbocycles. The van der Waals surface area contributed by atoms with E-state index in [0.717, 1.165) is 29.9 Å². The van der Waals surface area contributed by atoms with E-state index in [0.29, 0.717) is 24.7 Å². The number of nitrogens with zero attached hydrogens (tertiary/aromatic N) is 3. The number of hydrogen-bond acceptors (Lipinski definition) is 4. The van der Waals surface area contributed by atoms with Gasteiger partial charge < -0.3 is 15.2 Å². The number of halogens is 2. The Hall–Kier alpha value is -1.71. The Kier molecular flexibility index (Phi) is 9.40. The largest absolute Gasteiger partial charge is 0.361 e. The minimum absolute atomic E-state index is 0. The fraction of sp³-hybridized carbons (Fsp3) is 0.471. The molecule has 2 rings (SSSR count). The summed E-state index contributed by atoms with van der Waals surface area (Å²) in [5.74, 6) is 1.14. The maximum Gasteiger partial charge on any atom is 0.191 e. The first kappa shape index (κ1) is 21.3. The molecule has 25 heavy (non-hydrogen) atoms. The molecule has 138 valence electrons. The summed E-state index contributed by atoms with van der Waals surface area (Å²) in [6, 6.07) is 2.97. The molecular formula is C17H25FIN5O. The van der Waals surface area contributed by atoms with Crippen molar-refractivity contribution in [3.05, 3.63) is 46.9 Å². The van der Waals surface area contributed by atoms with Crippen molar-refractivity contribution in [3.63, 3.8) is 0 Å². The molecule has 0 bridgehead atoms. The maximum absolute atomic E-state index is 13.6. The lowest BCUT2D eigenvalue weighted by Crippen LogP contribution is -2.37. The zero-order valence-corrected chi connectivity index (χ0v) is 17.1. The third kappa shape index (κ3) is 5.94. The van der Waals surface area contributed by atoms with E-state index < -0.39 is 0 Å². The third-order valence-electron chi connectivity index (χ3n) is 3.60. The Balaban J connectivity index is 0.00000312. The van der Waals surface area contributed by atoms with E-state index in [1.807, 2.05) is 20.8 Å². The van der Waals surface area contributed by atoms with E-state index >= 15 is 0 Å². The van der Waals surface area contributed by atoms with Crippen LogP contribution in [0.1, 0.15) is 43.5 Å². The van der Waals surface area contributed by atoms with Gasteiger partial charge in [0.1, 0.15) is 11.6 Å². The van der Waals surface area contributed by atoms with Gasteiger partial charge in [-0.3, -0.25) is 4.98 Å². The van der Waals surface area contributed by atoms with Crippen molar-refractivity contribution in [2.75, 3.05) is 6.54 Å². The molecule has 2 heterocycles. The smallest absolute Gasteiger partial charge is 0.191 e. The van der Waals surface area contributed by atoms with Crippen LogP contribution in [-0.4, -0.2) is 22.6 Å². The number of guanidine groups is 1. The van der Waals surface area contributed by atoms with Crippen molar-refractivity contribution >= 4 is 29.9 Å².